The molecule has 0 bridgehead atoms. The van der Waals surface area contributed by atoms with Gasteiger partial charge in [0, 0.05) is 22.7 Å². The Bertz CT molecular complexity index is 519. The van der Waals surface area contributed by atoms with E-state index < -0.39 is 12.4 Å². The smallest absolute Gasteiger partial charge is 0.337 e. The van der Waals surface area contributed by atoms with E-state index in [1.807, 2.05) is 0 Å². The zero-order chi connectivity index (χ0) is 11.0. The van der Waals surface area contributed by atoms with E-state index in [4.69, 9.17) is 5.11 Å². The Labute approximate surface area is 83.3 Å². The number of benzene rings is 1. The van der Waals surface area contributed by atoms with Crippen molar-refractivity contribution in [3.63, 3.8) is 0 Å². The second-order valence-corrected chi connectivity index (χ2v) is 3.11. The van der Waals surface area contributed by atoms with Gasteiger partial charge >= 0.3 is 5.97 Å². The average Bonchev–Trinajstić information content (AvgIpc) is 2.59. The van der Waals surface area contributed by atoms with Crippen molar-refractivity contribution >= 4 is 16.9 Å². The number of alkyl halides is 2. The molecule has 78 valence electrons. The number of halogens is 2. The predicted octanol–water partition coefficient (Wildman–Crippen LogP) is 2.80. The van der Waals surface area contributed by atoms with Crippen LogP contribution in [0.3, 0.4) is 0 Å². The molecule has 0 aliphatic rings. The minimum absolute atomic E-state index is 0.0887. The van der Waals surface area contributed by atoms with Crippen LogP contribution in [-0.2, 0) is 0 Å². The number of nitrogens with one attached hydrogen (secondary N) is 1. The number of aromatic carboxylic acids is 1. The largest absolute Gasteiger partial charge is 0.478 e. The maximum atomic E-state index is 12.3. The van der Waals surface area contributed by atoms with Crippen LogP contribution in [0, 0.1) is 0 Å². The summed E-state index contributed by atoms with van der Waals surface area (Å²) in [5.74, 6) is -1.08. The molecule has 0 spiro atoms. The second-order valence-electron chi connectivity index (χ2n) is 3.11. The normalized spacial score (nSPS) is 11.1. The number of carboxylic acid groups (broad SMARTS) is 1. The van der Waals surface area contributed by atoms with Crippen LogP contribution in [0.2, 0.25) is 0 Å². The molecule has 0 unspecified atom stereocenters. The Morgan fingerprint density at radius 1 is 1.40 bits per heavy atom. The third-order valence-corrected chi connectivity index (χ3v) is 2.19. The van der Waals surface area contributed by atoms with Crippen LogP contribution in [0.4, 0.5) is 8.78 Å². The molecule has 0 atom stereocenters. The molecule has 0 saturated carbocycles. The van der Waals surface area contributed by atoms with E-state index in [0.29, 0.717) is 10.9 Å². The van der Waals surface area contributed by atoms with Crippen molar-refractivity contribution in [2.75, 3.05) is 0 Å². The molecule has 1 aromatic carbocycles. The number of H-pyrrole nitrogens is 1. The van der Waals surface area contributed by atoms with Gasteiger partial charge in [0.2, 0.25) is 0 Å². The first kappa shape index (κ1) is 9.64. The molecule has 3 nitrogen and oxygen atoms in total. The van der Waals surface area contributed by atoms with Gasteiger partial charge in [0.1, 0.15) is 0 Å². The highest BCUT2D eigenvalue weighted by atomic mass is 19.3. The van der Waals surface area contributed by atoms with Gasteiger partial charge in [-0.3, -0.25) is 0 Å². The summed E-state index contributed by atoms with van der Waals surface area (Å²) in [5.41, 5.74) is 0.373. The molecule has 5 heteroatoms. The van der Waals surface area contributed by atoms with Crippen LogP contribution in [0.25, 0.3) is 10.9 Å². The van der Waals surface area contributed by atoms with Crippen LogP contribution < -0.4 is 0 Å². The van der Waals surface area contributed by atoms with Crippen LogP contribution in [0.5, 0.6) is 0 Å². The maximum Gasteiger partial charge on any atom is 0.337 e. The van der Waals surface area contributed by atoms with Crippen molar-refractivity contribution < 1.29 is 18.7 Å². The molecule has 15 heavy (non-hydrogen) atoms. The van der Waals surface area contributed by atoms with Crippen molar-refractivity contribution in [2.24, 2.45) is 0 Å². The Morgan fingerprint density at radius 2 is 2.13 bits per heavy atom. The fourth-order valence-electron chi connectivity index (χ4n) is 1.46. The molecular weight excluding hydrogens is 204 g/mol. The topological polar surface area (TPSA) is 53.1 Å². The van der Waals surface area contributed by atoms with E-state index >= 15 is 0 Å². The molecule has 2 rings (SSSR count). The summed E-state index contributed by atoms with van der Waals surface area (Å²) in [5, 5.41) is 9.22. The number of carboxylic acids is 1. The summed E-state index contributed by atoms with van der Waals surface area (Å²) in [6, 6.07) is 3.87. The number of carbonyl (C=O) groups is 1. The highest BCUT2D eigenvalue weighted by Gasteiger charge is 2.13. The van der Waals surface area contributed by atoms with Gasteiger partial charge in [-0.15, -0.1) is 0 Å². The van der Waals surface area contributed by atoms with Gasteiger partial charge in [-0.05, 0) is 6.07 Å². The van der Waals surface area contributed by atoms with E-state index in [2.05, 4.69) is 4.98 Å². The first-order valence-corrected chi connectivity index (χ1v) is 4.22. The maximum absolute atomic E-state index is 12.3. The Hall–Kier alpha value is -1.91. The second kappa shape index (κ2) is 3.34. The van der Waals surface area contributed by atoms with Crippen LogP contribution >= 0.6 is 0 Å². The monoisotopic (exact) mass is 211 g/mol. The molecule has 2 N–H and O–H groups in total. The van der Waals surface area contributed by atoms with Gasteiger partial charge < -0.3 is 10.1 Å². The minimum atomic E-state index is -2.55. The SMILES string of the molecule is O=C(O)c1c[nH]c2cc(C(F)F)ccc12. The molecule has 0 fully saturated rings. The Balaban J connectivity index is 2.61. The molecule has 0 aliphatic carbocycles. The lowest BCUT2D eigenvalue weighted by Gasteiger charge is -1.99. The average molecular weight is 211 g/mol. The highest BCUT2D eigenvalue weighted by molar-refractivity contribution is 6.03. The van der Waals surface area contributed by atoms with E-state index in [0.717, 1.165) is 0 Å². The number of aromatic amines is 1. The van der Waals surface area contributed by atoms with E-state index in [9.17, 15) is 13.6 Å². The van der Waals surface area contributed by atoms with Gasteiger partial charge in [-0.1, -0.05) is 12.1 Å². The molecule has 2 aromatic rings. The summed E-state index contributed by atoms with van der Waals surface area (Å²) in [7, 11) is 0. The first-order chi connectivity index (χ1) is 7.09. The van der Waals surface area contributed by atoms with Gasteiger partial charge in [0.25, 0.3) is 6.43 Å². The molecule has 0 amide bonds. The van der Waals surface area contributed by atoms with Crippen molar-refractivity contribution in [1.29, 1.82) is 0 Å². The molecule has 1 aromatic heterocycles. The first-order valence-electron chi connectivity index (χ1n) is 4.22. The quantitative estimate of drug-likeness (QED) is 0.802. The standard InChI is InChI=1S/C10H7F2NO2/c11-9(12)5-1-2-6-7(10(14)15)4-13-8(6)3-5/h1-4,9,13H,(H,14,15). The van der Waals surface area contributed by atoms with Crippen molar-refractivity contribution in [3.8, 4) is 0 Å². The number of hydrogen-bond donors (Lipinski definition) is 2. The van der Waals surface area contributed by atoms with E-state index in [-0.39, 0.29) is 11.1 Å². The Morgan fingerprint density at radius 3 is 2.73 bits per heavy atom. The van der Waals surface area contributed by atoms with Crippen LogP contribution in [0.15, 0.2) is 24.4 Å². The number of hydrogen-bond acceptors (Lipinski definition) is 1. The lowest BCUT2D eigenvalue weighted by atomic mass is 10.1. The van der Waals surface area contributed by atoms with Crippen molar-refractivity contribution in [1.82, 2.24) is 4.98 Å². The fraction of sp³-hybridized carbons (Fsp3) is 0.100. The van der Waals surface area contributed by atoms with E-state index in [1.54, 1.807) is 0 Å². The third kappa shape index (κ3) is 1.56. The molecule has 0 aliphatic heterocycles. The summed E-state index contributed by atoms with van der Waals surface area (Å²) in [4.78, 5) is 13.4. The van der Waals surface area contributed by atoms with E-state index in [1.165, 1.54) is 24.4 Å². The van der Waals surface area contributed by atoms with Crippen LogP contribution in [0.1, 0.15) is 22.3 Å². The van der Waals surface area contributed by atoms with Gasteiger partial charge in [-0.25, -0.2) is 13.6 Å². The highest BCUT2D eigenvalue weighted by Crippen LogP contribution is 2.25. The summed E-state index contributed by atoms with van der Waals surface area (Å²) < 4.78 is 24.7. The molecule has 0 saturated heterocycles. The number of fused-ring (bicyclic) bond motifs is 1. The molecule has 1 heterocycles. The molecular formula is C10H7F2NO2. The third-order valence-electron chi connectivity index (χ3n) is 2.19. The summed E-state index contributed by atoms with van der Waals surface area (Å²) in [6.07, 6.45) is -1.26. The van der Waals surface area contributed by atoms with Gasteiger partial charge in [-0.2, -0.15) is 0 Å². The summed E-state index contributed by atoms with van der Waals surface area (Å²) in [6.45, 7) is 0. The summed E-state index contributed by atoms with van der Waals surface area (Å²) >= 11 is 0. The lowest BCUT2D eigenvalue weighted by Crippen LogP contribution is -1.93. The zero-order valence-electron chi connectivity index (χ0n) is 7.50. The molecule has 0 radical (unpaired) electrons. The number of rotatable bonds is 2. The van der Waals surface area contributed by atoms with Crippen molar-refractivity contribution in [2.45, 2.75) is 6.43 Å². The zero-order valence-corrected chi connectivity index (χ0v) is 7.50. The van der Waals surface area contributed by atoms with Gasteiger partial charge in [0.15, 0.2) is 0 Å². The minimum Gasteiger partial charge on any atom is -0.478 e. The lowest BCUT2D eigenvalue weighted by molar-refractivity contribution is 0.0699. The number of aromatic nitrogens is 1. The Kier molecular flexibility index (Phi) is 2.15. The fourth-order valence-corrected chi connectivity index (χ4v) is 1.46. The van der Waals surface area contributed by atoms with Crippen molar-refractivity contribution in [3.05, 3.63) is 35.5 Å². The van der Waals surface area contributed by atoms with Crippen LogP contribution in [-0.4, -0.2) is 16.1 Å². The predicted molar refractivity (Wildman–Crippen MR) is 50.2 cm³/mol. The van der Waals surface area contributed by atoms with Gasteiger partial charge in [0.05, 0.1) is 5.56 Å².